The lowest BCUT2D eigenvalue weighted by Crippen LogP contribution is -2.24. The van der Waals surface area contributed by atoms with Gasteiger partial charge in [-0.25, -0.2) is 0 Å². The number of carbonyl (C=O) groups is 1. The number of thiazole rings is 1. The molecule has 220 valence electrons. The highest BCUT2D eigenvalue weighted by Crippen LogP contribution is 2.41. The minimum absolute atomic E-state index is 0.0170. The molecule has 0 saturated carbocycles. The van der Waals surface area contributed by atoms with Crippen molar-refractivity contribution in [3.63, 3.8) is 0 Å². The van der Waals surface area contributed by atoms with Crippen molar-refractivity contribution < 1.29 is 45.7 Å². The van der Waals surface area contributed by atoms with Gasteiger partial charge in [0.1, 0.15) is 0 Å². The molecule has 0 aliphatic carbocycles. The Morgan fingerprint density at radius 3 is 2.27 bits per heavy atom. The molecule has 1 fully saturated rings. The molecule has 4 rings (SSSR count). The van der Waals surface area contributed by atoms with Crippen LogP contribution in [0, 0.1) is 3.95 Å². The number of hydrogen-bond acceptors (Lipinski definition) is 6. The van der Waals surface area contributed by atoms with Gasteiger partial charge in [-0.2, -0.15) is 26.3 Å². The van der Waals surface area contributed by atoms with Crippen LogP contribution < -0.4 is 5.73 Å². The first-order chi connectivity index (χ1) is 19.2. The summed E-state index contributed by atoms with van der Waals surface area (Å²) >= 11 is 6.39. The number of rotatable bonds is 8. The third-order valence-corrected chi connectivity index (χ3v) is 7.67. The van der Waals surface area contributed by atoms with E-state index >= 15 is 0 Å². The molecule has 1 aliphatic rings. The first-order valence-electron chi connectivity index (χ1n) is 12.3. The zero-order valence-corrected chi connectivity index (χ0v) is 22.9. The van der Waals surface area contributed by atoms with Gasteiger partial charge < -0.3 is 20.3 Å². The lowest BCUT2D eigenvalue weighted by molar-refractivity contribution is -0.175. The standard InChI is InChI=1S/C27H24F6N2O4S2/c28-26(29,30)18-12-17(13-19(14-18)27(31,32)33)15-3-1-4-16(11-15)20(5-6-22-38-9-2-10-39-22)23-24(37)35(25(40)41-23)8-7-21(34)36/h1,3-5,11-14,22,37H,2,6-10H2,(H2,34,36). The fraction of sp³-hybridized carbons (Fsp3) is 0.333. The van der Waals surface area contributed by atoms with Crippen molar-refractivity contribution in [1.82, 2.24) is 4.57 Å². The third kappa shape index (κ3) is 7.56. The average molecular weight is 619 g/mol. The summed E-state index contributed by atoms with van der Waals surface area (Å²) < 4.78 is 93.7. The van der Waals surface area contributed by atoms with Crippen LogP contribution in [0.15, 0.2) is 48.5 Å². The molecule has 2 aromatic carbocycles. The molecule has 1 aromatic heterocycles. The molecular formula is C27H24F6N2O4S2. The van der Waals surface area contributed by atoms with E-state index in [0.29, 0.717) is 36.5 Å². The molecular weight excluding hydrogens is 594 g/mol. The van der Waals surface area contributed by atoms with Crippen LogP contribution in [0.4, 0.5) is 26.3 Å². The normalized spacial score (nSPS) is 15.3. The molecule has 1 aliphatic heterocycles. The second-order valence-corrected chi connectivity index (χ2v) is 10.8. The number of benzene rings is 2. The van der Waals surface area contributed by atoms with Crippen molar-refractivity contribution in [3.8, 4) is 17.0 Å². The summed E-state index contributed by atoms with van der Waals surface area (Å²) in [6, 6.07) is 7.30. The molecule has 1 amide bonds. The summed E-state index contributed by atoms with van der Waals surface area (Å²) in [4.78, 5) is 11.6. The summed E-state index contributed by atoms with van der Waals surface area (Å²) in [6.45, 7) is 0.977. The lowest BCUT2D eigenvalue weighted by Gasteiger charge is -2.22. The van der Waals surface area contributed by atoms with E-state index in [4.69, 9.17) is 27.4 Å². The Labute approximate surface area is 239 Å². The predicted molar refractivity (Wildman–Crippen MR) is 143 cm³/mol. The number of primary amides is 1. The second-order valence-electron chi connectivity index (χ2n) is 9.14. The van der Waals surface area contributed by atoms with E-state index in [0.717, 1.165) is 17.8 Å². The van der Waals surface area contributed by atoms with Crippen molar-refractivity contribution in [2.75, 3.05) is 13.2 Å². The van der Waals surface area contributed by atoms with E-state index in [1.54, 1.807) is 12.1 Å². The van der Waals surface area contributed by atoms with Gasteiger partial charge in [-0.15, -0.1) is 11.3 Å². The van der Waals surface area contributed by atoms with Crippen molar-refractivity contribution in [3.05, 3.63) is 74.1 Å². The van der Waals surface area contributed by atoms with Crippen LogP contribution in [0.1, 0.15) is 40.8 Å². The van der Waals surface area contributed by atoms with Gasteiger partial charge in [0.15, 0.2) is 10.2 Å². The Kier molecular flexibility index (Phi) is 9.26. The zero-order valence-electron chi connectivity index (χ0n) is 21.2. The highest BCUT2D eigenvalue weighted by atomic mass is 32.1. The number of alkyl halides is 6. The zero-order chi connectivity index (χ0) is 29.9. The summed E-state index contributed by atoms with van der Waals surface area (Å²) in [7, 11) is 0. The predicted octanol–water partition coefficient (Wildman–Crippen LogP) is 7.15. The number of aromatic hydroxyl groups is 1. The van der Waals surface area contributed by atoms with Gasteiger partial charge in [0.25, 0.3) is 0 Å². The molecule has 3 aromatic rings. The SMILES string of the molecule is NC(=O)CCn1c(O)c(C(=CCC2OCCCO2)c2cccc(-c3cc(C(F)(F)F)cc(C(F)(F)F)c3)c2)sc1=S. The fourth-order valence-corrected chi connectivity index (χ4v) is 5.61. The first kappa shape index (κ1) is 30.8. The topological polar surface area (TPSA) is 86.7 Å². The lowest BCUT2D eigenvalue weighted by atomic mass is 9.95. The average Bonchev–Trinajstić information content (AvgIpc) is 3.19. The largest absolute Gasteiger partial charge is 0.493 e. The molecule has 0 atom stereocenters. The van der Waals surface area contributed by atoms with Gasteiger partial charge in [-0.1, -0.05) is 24.3 Å². The number of aromatic nitrogens is 1. The van der Waals surface area contributed by atoms with Crippen LogP contribution in [-0.2, 0) is 33.2 Å². The van der Waals surface area contributed by atoms with E-state index in [1.807, 2.05) is 0 Å². The highest BCUT2D eigenvalue weighted by Gasteiger charge is 2.37. The van der Waals surface area contributed by atoms with E-state index in [-0.39, 0.29) is 51.3 Å². The fourth-order valence-electron chi connectivity index (χ4n) is 4.21. The monoisotopic (exact) mass is 618 g/mol. The van der Waals surface area contributed by atoms with Crippen molar-refractivity contribution in [1.29, 1.82) is 0 Å². The van der Waals surface area contributed by atoms with E-state index in [2.05, 4.69) is 0 Å². The number of hydrogen-bond donors (Lipinski definition) is 2. The van der Waals surface area contributed by atoms with Crippen LogP contribution >= 0.6 is 23.6 Å². The summed E-state index contributed by atoms with van der Waals surface area (Å²) in [5, 5.41) is 11.0. The summed E-state index contributed by atoms with van der Waals surface area (Å²) in [6.07, 6.45) is -8.04. The molecule has 0 bridgehead atoms. The molecule has 14 heteroatoms. The smallest absolute Gasteiger partial charge is 0.416 e. The van der Waals surface area contributed by atoms with Gasteiger partial charge in [0.05, 0.1) is 29.2 Å². The molecule has 2 heterocycles. The first-order valence-corrected chi connectivity index (χ1v) is 13.5. The van der Waals surface area contributed by atoms with Gasteiger partial charge >= 0.3 is 12.4 Å². The second kappa shape index (κ2) is 12.3. The molecule has 0 spiro atoms. The van der Waals surface area contributed by atoms with Crippen molar-refractivity contribution in [2.24, 2.45) is 5.73 Å². The number of nitrogens with zero attached hydrogens (tertiary/aromatic N) is 1. The Morgan fingerprint density at radius 1 is 1.05 bits per heavy atom. The maximum absolute atomic E-state index is 13.5. The van der Waals surface area contributed by atoms with Gasteiger partial charge in [0, 0.05) is 25.0 Å². The molecule has 6 nitrogen and oxygen atoms in total. The van der Waals surface area contributed by atoms with Gasteiger partial charge in [-0.3, -0.25) is 9.36 Å². The summed E-state index contributed by atoms with van der Waals surface area (Å²) in [5.41, 5.74) is 2.95. The van der Waals surface area contributed by atoms with Crippen LogP contribution in [0.3, 0.4) is 0 Å². The number of ether oxygens (including phenoxy) is 2. The minimum Gasteiger partial charge on any atom is -0.493 e. The maximum atomic E-state index is 13.5. The number of halogens is 6. The molecule has 0 radical (unpaired) electrons. The quantitative estimate of drug-likeness (QED) is 0.207. The van der Waals surface area contributed by atoms with E-state index < -0.39 is 35.7 Å². The molecule has 1 saturated heterocycles. The molecule has 41 heavy (non-hydrogen) atoms. The Hall–Kier alpha value is -3.20. The van der Waals surface area contributed by atoms with E-state index in [9.17, 15) is 36.2 Å². The summed E-state index contributed by atoms with van der Waals surface area (Å²) in [5.74, 6) is -0.866. The van der Waals surface area contributed by atoms with Crippen LogP contribution in [-0.4, -0.2) is 35.1 Å². The van der Waals surface area contributed by atoms with Gasteiger partial charge in [0.2, 0.25) is 11.8 Å². The van der Waals surface area contributed by atoms with E-state index in [1.165, 1.54) is 22.8 Å². The number of carbonyl (C=O) groups excluding carboxylic acids is 1. The molecule has 0 unspecified atom stereocenters. The number of amides is 1. The Bertz CT molecular complexity index is 1470. The number of nitrogens with two attached hydrogens (primary N) is 1. The van der Waals surface area contributed by atoms with Crippen molar-refractivity contribution in [2.45, 2.75) is 44.4 Å². The van der Waals surface area contributed by atoms with Gasteiger partial charge in [-0.05, 0) is 59.6 Å². The minimum atomic E-state index is -5.00. The Balaban J connectivity index is 1.83. The highest BCUT2D eigenvalue weighted by molar-refractivity contribution is 7.73. The van der Waals surface area contributed by atoms with Crippen LogP contribution in [0.25, 0.3) is 16.7 Å². The maximum Gasteiger partial charge on any atom is 0.416 e. The van der Waals surface area contributed by atoms with Crippen LogP contribution in [0.5, 0.6) is 5.88 Å². The third-order valence-electron chi connectivity index (χ3n) is 6.20. The van der Waals surface area contributed by atoms with Crippen molar-refractivity contribution >= 4 is 35.0 Å². The van der Waals surface area contributed by atoms with Crippen LogP contribution in [0.2, 0.25) is 0 Å². The Morgan fingerprint density at radius 2 is 1.68 bits per heavy atom. The molecule has 3 N–H and O–H groups in total.